The first kappa shape index (κ1) is 60.9. The molecule has 7 unspecified atom stereocenters. The number of hydrogen-bond donors (Lipinski definition) is 3. The van der Waals surface area contributed by atoms with Crippen LogP contribution in [0.2, 0.25) is 0 Å². The Labute approximate surface area is 518 Å². The molecule has 7 fully saturated rings. The second-order valence-electron chi connectivity index (χ2n) is 26.1. The zero-order valence-electron chi connectivity index (χ0n) is 51.7. The van der Waals surface area contributed by atoms with Gasteiger partial charge in [0.2, 0.25) is 12.3 Å². The van der Waals surface area contributed by atoms with Crippen molar-refractivity contribution >= 4 is 63.4 Å². The summed E-state index contributed by atoms with van der Waals surface area (Å²) in [6.07, 6.45) is 11.4. The minimum absolute atomic E-state index is 0.0455. The van der Waals surface area contributed by atoms with Gasteiger partial charge in [0, 0.05) is 93.2 Å². The zero-order valence-corrected chi connectivity index (χ0v) is 52.5. The summed E-state index contributed by atoms with van der Waals surface area (Å²) in [7, 11) is 2.17. The summed E-state index contributed by atoms with van der Waals surface area (Å²) in [5.74, 6) is 1.91. The fourth-order valence-corrected chi connectivity index (χ4v) is 16.1. The summed E-state index contributed by atoms with van der Waals surface area (Å²) in [4.78, 5) is 65.4. The van der Waals surface area contributed by atoms with Gasteiger partial charge in [0.1, 0.15) is 41.9 Å². The van der Waals surface area contributed by atoms with Crippen molar-refractivity contribution in [2.75, 3.05) is 82.4 Å². The van der Waals surface area contributed by atoms with E-state index in [1.165, 1.54) is 23.5 Å². The fraction of sp³-hybridized carbons (Fsp3) is 0.522. The molecule has 7 saturated heterocycles. The van der Waals surface area contributed by atoms with Crippen LogP contribution in [-0.4, -0.2) is 166 Å². The first-order chi connectivity index (χ1) is 42.6. The molecule has 4 aromatic heterocycles. The van der Waals surface area contributed by atoms with Crippen LogP contribution in [0.15, 0.2) is 76.9 Å². The minimum atomic E-state index is -0.561. The summed E-state index contributed by atoms with van der Waals surface area (Å²) in [6, 6.07) is 20.8. The van der Waals surface area contributed by atoms with Crippen LogP contribution in [0.3, 0.4) is 0 Å². The molecular formula is C67H83FN12O7S. The number of piperazine rings is 1. The predicted molar refractivity (Wildman–Crippen MR) is 339 cm³/mol. The summed E-state index contributed by atoms with van der Waals surface area (Å²) in [5.41, 5.74) is 7.34. The van der Waals surface area contributed by atoms with Crippen molar-refractivity contribution in [2.24, 2.45) is 11.3 Å². The maximum Gasteiger partial charge on any atom is 0.319 e. The van der Waals surface area contributed by atoms with Crippen LogP contribution >= 0.6 is 11.3 Å². The molecule has 7 aliphatic heterocycles. The first-order valence-electron chi connectivity index (χ1n) is 31.5. The molecule has 466 valence electrons. The lowest BCUT2D eigenvalue weighted by molar-refractivity contribution is -0.135. The number of carbonyl (C=O) groups excluding carboxylic acids is 3. The van der Waals surface area contributed by atoms with Crippen molar-refractivity contribution in [1.82, 2.24) is 50.4 Å². The molecule has 7 aromatic rings. The molecule has 1 spiro atoms. The molecule has 3 aromatic carbocycles. The molecule has 2 bridgehead atoms. The molecule has 0 aliphatic carbocycles. The quantitative estimate of drug-likeness (QED) is 0.0725. The van der Waals surface area contributed by atoms with E-state index in [2.05, 4.69) is 92.2 Å². The van der Waals surface area contributed by atoms with Crippen molar-refractivity contribution in [3.05, 3.63) is 101 Å². The third-order valence-electron chi connectivity index (χ3n) is 19.6. The average molecular weight is 1220 g/mol. The van der Waals surface area contributed by atoms with Crippen LogP contribution in [0.5, 0.6) is 11.8 Å². The van der Waals surface area contributed by atoms with Gasteiger partial charge < -0.3 is 49.3 Å². The van der Waals surface area contributed by atoms with Crippen molar-refractivity contribution < 1.29 is 37.9 Å². The topological polar surface area (TPSA) is 208 Å². The van der Waals surface area contributed by atoms with E-state index < -0.39 is 5.82 Å². The highest BCUT2D eigenvalue weighted by atomic mass is 32.1. The number of aromatic hydroxyl groups is 1. The van der Waals surface area contributed by atoms with Crippen LogP contribution in [0.1, 0.15) is 121 Å². The number of pyridine rings is 1. The van der Waals surface area contributed by atoms with E-state index in [1.807, 2.05) is 60.7 Å². The van der Waals surface area contributed by atoms with Crippen LogP contribution in [0.4, 0.5) is 16.0 Å². The van der Waals surface area contributed by atoms with Crippen molar-refractivity contribution in [2.45, 2.75) is 141 Å². The highest BCUT2D eigenvalue weighted by Crippen LogP contribution is 2.45. The van der Waals surface area contributed by atoms with Gasteiger partial charge in [0.05, 0.1) is 33.0 Å². The Bertz CT molecular complexity index is 3630. The number of hydrogen-bond acceptors (Lipinski definition) is 18. The van der Waals surface area contributed by atoms with E-state index in [0.717, 1.165) is 143 Å². The number of halogens is 1. The molecule has 2 amide bonds. The monoisotopic (exact) mass is 1220 g/mol. The Hall–Kier alpha value is -7.33. The Balaban J connectivity index is 0.000000149. The summed E-state index contributed by atoms with van der Waals surface area (Å²) >= 11 is 1.64. The van der Waals surface area contributed by atoms with Crippen LogP contribution in [-0.2, 0) is 25.5 Å². The van der Waals surface area contributed by atoms with Crippen LogP contribution < -0.4 is 25.2 Å². The molecule has 88 heavy (non-hydrogen) atoms. The zero-order chi connectivity index (χ0) is 61.4. The van der Waals surface area contributed by atoms with Crippen molar-refractivity contribution in [3.63, 3.8) is 0 Å². The molecule has 0 radical (unpaired) electrons. The summed E-state index contributed by atoms with van der Waals surface area (Å²) in [5, 5.41) is 23.6. The molecule has 11 heterocycles. The lowest BCUT2D eigenvalue weighted by Crippen LogP contribution is -2.71. The number of aryl methyl sites for hydroxylation is 2. The van der Waals surface area contributed by atoms with Gasteiger partial charge in [-0.25, -0.2) is 9.37 Å². The number of benzene rings is 3. The number of fused-ring (bicyclic) bond motifs is 5. The lowest BCUT2D eigenvalue weighted by Gasteiger charge is -2.59. The number of anilines is 2. The molecular weight excluding hydrogens is 1140 g/mol. The van der Waals surface area contributed by atoms with Gasteiger partial charge in [0.25, 0.3) is 6.47 Å². The Morgan fingerprint density at radius 3 is 2.42 bits per heavy atom. The van der Waals surface area contributed by atoms with Gasteiger partial charge >= 0.3 is 6.01 Å². The molecule has 0 saturated carbocycles. The van der Waals surface area contributed by atoms with E-state index >= 15 is 4.39 Å². The van der Waals surface area contributed by atoms with Gasteiger partial charge in [-0.05, 0) is 138 Å². The van der Waals surface area contributed by atoms with Crippen molar-refractivity contribution in [3.8, 4) is 33.5 Å². The number of nitrogens with one attached hydrogen (secondary N) is 2. The number of carbonyl (C=O) groups is 3. The SMILES string of the molecule is CC(C)C(C(=O)N1CCCC1C)c1cc(N2CC3(CN(C)C3)C2)no1.CCc1cccc2cc(O)cc(-c3ncc4c(N5CC6CCC(C5)N6)nc(OCC56CCCN5C(COC=O)CC6)nc4c3F)c12.Cc1ncsc1-c1ccc(C(C)NC=O)cc1. The standard InChI is InChI=1S/C35H39FN6O4.C19H30N4O2.C13H14N2OS/c1-2-21-5-3-6-22-13-26(44)14-27(29(21)22)31-30(36)32-28(15-37-31)33(41-16-23-7-8-24(17-41)38-23)40-34(39-32)46-19-35-10-4-12-42(35)25(9-11-35)18-45-20-43;1-13(2)17(18(24)23-7-5-6-14(23)3)15-8-16(20-25-15)22-11-19(12-22)9-21(4)10-19;1-9(14-7-16)11-3-5-12(6-4-11)13-10(2)15-8-17-13/h3,5-6,13-15,20,23-25,38,44H,2,4,7-12,16-19H2,1H3;8,13-14,17H,5-7,9-12H2,1-4H3;3-9H,1-2H3,(H,14,16). The van der Waals surface area contributed by atoms with E-state index in [-0.39, 0.29) is 58.3 Å². The van der Waals surface area contributed by atoms with Gasteiger partial charge in [-0.2, -0.15) is 9.97 Å². The normalized spacial score (nSPS) is 23.4. The van der Waals surface area contributed by atoms with E-state index in [9.17, 15) is 19.5 Å². The Morgan fingerprint density at radius 2 is 1.74 bits per heavy atom. The van der Waals surface area contributed by atoms with Gasteiger partial charge in [-0.3, -0.25) is 24.3 Å². The summed E-state index contributed by atoms with van der Waals surface area (Å²) in [6.45, 7) is 21.4. The second kappa shape index (κ2) is 25.6. The molecule has 7 atom stereocenters. The predicted octanol–water partition coefficient (Wildman–Crippen LogP) is 9.84. The van der Waals surface area contributed by atoms with Crippen molar-refractivity contribution in [1.29, 1.82) is 0 Å². The van der Waals surface area contributed by atoms with Gasteiger partial charge in [0.15, 0.2) is 17.4 Å². The molecule has 3 N–H and O–H groups in total. The smallest absolute Gasteiger partial charge is 0.319 e. The maximum absolute atomic E-state index is 16.9. The van der Waals surface area contributed by atoms with Gasteiger partial charge in [-0.15, -0.1) is 11.3 Å². The van der Waals surface area contributed by atoms with E-state index in [1.54, 1.807) is 29.7 Å². The number of aromatic nitrogens is 5. The lowest BCUT2D eigenvalue weighted by atomic mass is 9.73. The largest absolute Gasteiger partial charge is 0.508 e. The van der Waals surface area contributed by atoms with E-state index in [4.69, 9.17) is 24.0 Å². The summed E-state index contributed by atoms with van der Waals surface area (Å²) < 4.78 is 34.1. The molecule has 19 nitrogen and oxygen atoms in total. The number of phenols is 1. The number of likely N-dealkylation sites (tertiary alicyclic amines) is 2. The number of nitrogens with zero attached hydrogens (tertiary/aromatic N) is 10. The minimum Gasteiger partial charge on any atom is -0.508 e. The number of ether oxygens (including phenoxy) is 2. The van der Waals surface area contributed by atoms with Gasteiger partial charge in [-0.1, -0.05) is 68.4 Å². The third kappa shape index (κ3) is 12.1. The highest BCUT2D eigenvalue weighted by Gasteiger charge is 2.52. The third-order valence-corrected chi connectivity index (χ3v) is 20.6. The maximum atomic E-state index is 16.9. The fourth-order valence-electron chi connectivity index (χ4n) is 15.3. The number of thiazole rings is 1. The highest BCUT2D eigenvalue weighted by molar-refractivity contribution is 7.13. The molecule has 14 rings (SSSR count). The second-order valence-corrected chi connectivity index (χ2v) is 27.0. The number of amides is 2. The Morgan fingerprint density at radius 1 is 0.955 bits per heavy atom. The number of rotatable bonds is 17. The molecule has 7 aliphatic rings. The van der Waals surface area contributed by atoms with E-state index in [0.29, 0.717) is 60.0 Å². The molecule has 21 heteroatoms. The Kier molecular flexibility index (Phi) is 17.8. The number of phenolic OH excluding ortho intramolecular Hbond substituents is 1. The average Bonchev–Trinajstić information content (AvgIpc) is 2.10. The first-order valence-corrected chi connectivity index (χ1v) is 32.4. The van der Waals surface area contributed by atoms with Crippen LogP contribution in [0.25, 0.3) is 43.4 Å². The van der Waals surface area contributed by atoms with Crippen LogP contribution in [0, 0.1) is 24.1 Å².